The van der Waals surface area contributed by atoms with Crippen LogP contribution in [-0.4, -0.2) is 16.3 Å². The first-order chi connectivity index (χ1) is 12.3. The number of anilines is 2. The number of phenols is 1. The minimum Gasteiger partial charge on any atom is -0.507 e. The normalized spacial score (nSPS) is 11.8. The van der Waals surface area contributed by atoms with E-state index in [1.165, 1.54) is 35.8 Å². The van der Waals surface area contributed by atoms with Gasteiger partial charge in [0.15, 0.2) is 0 Å². The molecule has 0 saturated heterocycles. The topological polar surface area (TPSA) is 83.5 Å². The standard InChI is InChI=1S/C17H13F3N4OS/c18-17(19,20)13-4-1-10(2-5-13)11-3-6-14(25)12(7-11)8-22-24-16-23-15(21)9-26-16/h1-9,25H,21H2,(H,23,24). The van der Waals surface area contributed by atoms with Crippen molar-refractivity contribution in [1.29, 1.82) is 0 Å². The van der Waals surface area contributed by atoms with Gasteiger partial charge in [-0.2, -0.15) is 18.3 Å². The van der Waals surface area contributed by atoms with Gasteiger partial charge in [-0.1, -0.05) is 18.2 Å². The number of hydrazone groups is 1. The minimum atomic E-state index is -4.38. The zero-order valence-electron chi connectivity index (χ0n) is 13.2. The zero-order valence-corrected chi connectivity index (χ0v) is 14.0. The van der Waals surface area contributed by atoms with Crippen molar-refractivity contribution in [2.24, 2.45) is 5.10 Å². The average Bonchev–Trinajstić information content (AvgIpc) is 3.01. The molecule has 0 spiro atoms. The summed E-state index contributed by atoms with van der Waals surface area (Å²) in [5, 5.41) is 16.1. The monoisotopic (exact) mass is 378 g/mol. The Balaban J connectivity index is 1.81. The number of alkyl halides is 3. The number of rotatable bonds is 4. The van der Waals surface area contributed by atoms with Crippen molar-refractivity contribution in [3.05, 3.63) is 59.0 Å². The molecular weight excluding hydrogens is 365 g/mol. The molecule has 26 heavy (non-hydrogen) atoms. The summed E-state index contributed by atoms with van der Waals surface area (Å²) in [5.74, 6) is 0.365. The first-order valence-electron chi connectivity index (χ1n) is 7.33. The van der Waals surface area contributed by atoms with Crippen LogP contribution in [0, 0.1) is 0 Å². The number of phenolic OH excluding ortho intramolecular Hbond substituents is 1. The summed E-state index contributed by atoms with van der Waals surface area (Å²) < 4.78 is 38.0. The molecule has 0 aliphatic heterocycles. The maximum absolute atomic E-state index is 12.7. The Kier molecular flexibility index (Phi) is 4.81. The van der Waals surface area contributed by atoms with Gasteiger partial charge in [0, 0.05) is 10.9 Å². The number of halogens is 3. The number of hydrogen-bond donors (Lipinski definition) is 3. The van der Waals surface area contributed by atoms with Crippen LogP contribution in [0.15, 0.2) is 52.9 Å². The van der Waals surface area contributed by atoms with Crippen molar-refractivity contribution in [2.45, 2.75) is 6.18 Å². The summed E-state index contributed by atoms with van der Waals surface area (Å²) in [7, 11) is 0. The lowest BCUT2D eigenvalue weighted by molar-refractivity contribution is -0.137. The number of thiazole rings is 1. The number of nitrogen functional groups attached to an aromatic ring is 1. The maximum Gasteiger partial charge on any atom is 0.416 e. The summed E-state index contributed by atoms with van der Waals surface area (Å²) in [5.41, 5.74) is 9.12. The summed E-state index contributed by atoms with van der Waals surface area (Å²) in [4.78, 5) is 3.97. The molecule has 0 aliphatic carbocycles. The second-order valence-corrected chi connectivity index (χ2v) is 6.15. The quantitative estimate of drug-likeness (QED) is 0.459. The summed E-state index contributed by atoms with van der Waals surface area (Å²) in [6, 6.07) is 9.49. The molecule has 3 aromatic rings. The molecule has 0 aliphatic rings. The molecule has 0 unspecified atom stereocenters. The third kappa shape index (κ3) is 4.12. The number of nitrogens with zero attached hydrogens (tertiary/aromatic N) is 2. The molecule has 1 aromatic heterocycles. The second-order valence-electron chi connectivity index (χ2n) is 5.30. The molecular formula is C17H13F3N4OS. The maximum atomic E-state index is 12.7. The van der Waals surface area contributed by atoms with E-state index in [9.17, 15) is 18.3 Å². The Morgan fingerprint density at radius 2 is 1.81 bits per heavy atom. The third-order valence-corrected chi connectivity index (χ3v) is 4.22. The highest BCUT2D eigenvalue weighted by Crippen LogP contribution is 2.31. The Labute approximate surface area is 150 Å². The van der Waals surface area contributed by atoms with Gasteiger partial charge in [0.2, 0.25) is 5.13 Å². The van der Waals surface area contributed by atoms with Crippen LogP contribution in [0.3, 0.4) is 0 Å². The van der Waals surface area contributed by atoms with E-state index in [0.717, 1.165) is 12.1 Å². The van der Waals surface area contributed by atoms with E-state index in [1.807, 2.05) is 0 Å². The molecule has 3 rings (SSSR count). The van der Waals surface area contributed by atoms with Gasteiger partial charge < -0.3 is 10.8 Å². The van der Waals surface area contributed by atoms with Crippen LogP contribution in [0.25, 0.3) is 11.1 Å². The average molecular weight is 378 g/mol. The molecule has 0 saturated carbocycles. The molecule has 1 heterocycles. The van der Waals surface area contributed by atoms with Crippen LogP contribution in [-0.2, 0) is 6.18 Å². The summed E-state index contributed by atoms with van der Waals surface area (Å²) in [6.07, 6.45) is -2.99. The van der Waals surface area contributed by atoms with E-state index < -0.39 is 11.7 Å². The van der Waals surface area contributed by atoms with Crippen LogP contribution < -0.4 is 11.2 Å². The molecule has 0 bridgehead atoms. The van der Waals surface area contributed by atoms with Gasteiger partial charge >= 0.3 is 6.18 Å². The lowest BCUT2D eigenvalue weighted by Gasteiger charge is -2.09. The highest BCUT2D eigenvalue weighted by Gasteiger charge is 2.29. The molecule has 2 aromatic carbocycles. The number of nitrogens with two attached hydrogens (primary N) is 1. The molecule has 9 heteroatoms. The van der Waals surface area contributed by atoms with Gasteiger partial charge in [0.1, 0.15) is 11.6 Å². The van der Waals surface area contributed by atoms with E-state index in [2.05, 4.69) is 15.5 Å². The first kappa shape index (κ1) is 17.7. The van der Waals surface area contributed by atoms with Crippen LogP contribution in [0.4, 0.5) is 24.1 Å². The van der Waals surface area contributed by atoms with Gasteiger partial charge in [-0.05, 0) is 35.4 Å². The Morgan fingerprint density at radius 3 is 2.42 bits per heavy atom. The lowest BCUT2D eigenvalue weighted by atomic mass is 10.0. The van der Waals surface area contributed by atoms with E-state index in [0.29, 0.717) is 27.6 Å². The zero-order chi connectivity index (χ0) is 18.7. The van der Waals surface area contributed by atoms with Gasteiger partial charge in [0.05, 0.1) is 11.8 Å². The SMILES string of the molecule is Nc1csc(NN=Cc2cc(-c3ccc(C(F)(F)F)cc3)ccc2O)n1. The molecule has 134 valence electrons. The first-order valence-corrected chi connectivity index (χ1v) is 8.21. The van der Waals surface area contributed by atoms with Crippen molar-refractivity contribution in [3.63, 3.8) is 0 Å². The number of aromatic hydroxyl groups is 1. The Hall–Kier alpha value is -3.07. The van der Waals surface area contributed by atoms with Crippen LogP contribution in [0.2, 0.25) is 0 Å². The number of benzene rings is 2. The second kappa shape index (κ2) is 7.04. The lowest BCUT2D eigenvalue weighted by Crippen LogP contribution is -2.04. The number of hydrogen-bond acceptors (Lipinski definition) is 6. The fourth-order valence-electron chi connectivity index (χ4n) is 2.18. The highest BCUT2D eigenvalue weighted by molar-refractivity contribution is 7.14. The highest BCUT2D eigenvalue weighted by atomic mass is 32.1. The predicted octanol–water partition coefficient (Wildman–Crippen LogP) is 4.56. The van der Waals surface area contributed by atoms with E-state index in [-0.39, 0.29) is 5.75 Å². The van der Waals surface area contributed by atoms with E-state index in [4.69, 9.17) is 5.73 Å². The van der Waals surface area contributed by atoms with Crippen LogP contribution >= 0.6 is 11.3 Å². The molecule has 0 radical (unpaired) electrons. The third-order valence-electron chi connectivity index (χ3n) is 3.46. The van der Waals surface area contributed by atoms with Crippen molar-refractivity contribution < 1.29 is 18.3 Å². The van der Waals surface area contributed by atoms with E-state index >= 15 is 0 Å². The Bertz CT molecular complexity index is 936. The van der Waals surface area contributed by atoms with Crippen molar-refractivity contribution in [1.82, 2.24) is 4.98 Å². The van der Waals surface area contributed by atoms with Gasteiger partial charge in [0.25, 0.3) is 0 Å². The van der Waals surface area contributed by atoms with Crippen molar-refractivity contribution in [3.8, 4) is 16.9 Å². The molecule has 0 atom stereocenters. The molecule has 4 N–H and O–H groups in total. The van der Waals surface area contributed by atoms with Crippen molar-refractivity contribution >= 4 is 28.5 Å². The number of aromatic nitrogens is 1. The number of nitrogens with one attached hydrogen (secondary N) is 1. The van der Waals surface area contributed by atoms with Gasteiger partial charge in [-0.25, -0.2) is 4.98 Å². The minimum absolute atomic E-state index is 0.00938. The molecule has 0 fully saturated rings. The smallest absolute Gasteiger partial charge is 0.416 e. The fourth-order valence-corrected chi connectivity index (χ4v) is 2.73. The van der Waals surface area contributed by atoms with Crippen molar-refractivity contribution in [2.75, 3.05) is 11.2 Å². The summed E-state index contributed by atoms with van der Waals surface area (Å²) in [6.45, 7) is 0. The van der Waals surface area contributed by atoms with Gasteiger partial charge in [-0.3, -0.25) is 5.43 Å². The van der Waals surface area contributed by atoms with Crippen LogP contribution in [0.5, 0.6) is 5.75 Å². The predicted molar refractivity (Wildman–Crippen MR) is 96.3 cm³/mol. The summed E-state index contributed by atoms with van der Waals surface area (Å²) >= 11 is 1.28. The van der Waals surface area contributed by atoms with E-state index in [1.54, 1.807) is 17.5 Å². The van der Waals surface area contributed by atoms with Crippen LogP contribution in [0.1, 0.15) is 11.1 Å². The Morgan fingerprint density at radius 1 is 1.12 bits per heavy atom. The van der Waals surface area contributed by atoms with Gasteiger partial charge in [-0.15, -0.1) is 11.3 Å². The largest absolute Gasteiger partial charge is 0.507 e. The molecule has 0 amide bonds. The fraction of sp³-hybridized carbons (Fsp3) is 0.0588. The molecule has 5 nitrogen and oxygen atoms in total.